The fourth-order valence-corrected chi connectivity index (χ4v) is 4.93. The number of nitrogens with one attached hydrogen (secondary N) is 2. The lowest BCUT2D eigenvalue weighted by Crippen LogP contribution is -2.53. The zero-order valence-electron chi connectivity index (χ0n) is 21.9. The van der Waals surface area contributed by atoms with Crippen molar-refractivity contribution < 1.29 is 13.9 Å². The highest BCUT2D eigenvalue weighted by molar-refractivity contribution is 5.99. The Balaban J connectivity index is 1.39. The lowest BCUT2D eigenvalue weighted by atomic mass is 10.1. The number of aromatic nitrogens is 3. The number of nitrogen functional groups attached to an aromatic ring is 1. The van der Waals surface area contributed by atoms with E-state index in [4.69, 9.17) is 10.5 Å². The molecule has 38 heavy (non-hydrogen) atoms. The number of carbonyl (C=O) groups is 1. The molecule has 0 radical (unpaired) electrons. The van der Waals surface area contributed by atoms with Crippen LogP contribution in [0.3, 0.4) is 0 Å². The minimum Gasteiger partial charge on any atom is -0.397 e. The number of ether oxygens (including phenoxy) is 1. The first-order valence-corrected chi connectivity index (χ1v) is 12.5. The van der Waals surface area contributed by atoms with Gasteiger partial charge >= 0.3 is 0 Å². The van der Waals surface area contributed by atoms with Crippen LogP contribution in [0, 0.1) is 5.82 Å². The number of imidazole rings is 1. The third-order valence-electron chi connectivity index (χ3n) is 7.03. The maximum atomic E-state index is 14.5. The first-order chi connectivity index (χ1) is 18.1. The molecule has 2 aromatic carbocycles. The second-order valence-electron chi connectivity index (χ2n) is 10.1. The molecule has 1 amide bonds. The van der Waals surface area contributed by atoms with Gasteiger partial charge in [-0.2, -0.15) is 0 Å². The number of nitrogens with two attached hydrogens (primary N) is 1. The summed E-state index contributed by atoms with van der Waals surface area (Å²) in [7, 11) is 5.74. The van der Waals surface area contributed by atoms with Gasteiger partial charge in [0.2, 0.25) is 5.91 Å². The number of fused-ring (bicyclic) bond motifs is 2. The molecule has 3 heterocycles. The van der Waals surface area contributed by atoms with Crippen LogP contribution in [0.15, 0.2) is 41.2 Å². The Labute approximate surface area is 219 Å². The van der Waals surface area contributed by atoms with Crippen molar-refractivity contribution in [3.8, 4) is 11.4 Å². The fraction of sp³-hybridized carbons (Fsp3) is 0.370. The van der Waals surface area contributed by atoms with Gasteiger partial charge in [-0.25, -0.2) is 9.37 Å². The highest BCUT2D eigenvalue weighted by atomic mass is 19.1. The van der Waals surface area contributed by atoms with Crippen molar-refractivity contribution in [2.75, 3.05) is 58.0 Å². The van der Waals surface area contributed by atoms with E-state index in [-0.39, 0.29) is 47.1 Å². The zero-order chi connectivity index (χ0) is 27.1. The standard InChI is InChI=1S/C27H32FN7O3/c1-15-14-38-17(11-33(2)3)12-35(15)13-22(36)34(4)16-8-9-19-21(10-16)31-26(30-19)24-25(29)23-18(28)6-5-7-20(23)32-27(24)37/h5-10,15,17H,11-14H2,1-4H3,(H,30,31)(H3,29,32,37)/t15-,17+/m0/s1. The second kappa shape index (κ2) is 10.2. The molecule has 2 aromatic heterocycles. The van der Waals surface area contributed by atoms with E-state index < -0.39 is 11.4 Å². The molecule has 0 spiro atoms. The number of aromatic amines is 2. The molecular weight excluding hydrogens is 489 g/mol. The largest absolute Gasteiger partial charge is 0.397 e. The average Bonchev–Trinajstić information content (AvgIpc) is 3.27. The van der Waals surface area contributed by atoms with Gasteiger partial charge in [-0.05, 0) is 51.4 Å². The monoisotopic (exact) mass is 521 g/mol. The molecule has 4 N–H and O–H groups in total. The topological polar surface area (TPSA) is 124 Å². The van der Waals surface area contributed by atoms with E-state index in [0.29, 0.717) is 35.4 Å². The van der Waals surface area contributed by atoms with Crippen molar-refractivity contribution in [2.45, 2.75) is 19.1 Å². The van der Waals surface area contributed by atoms with E-state index in [1.807, 2.05) is 14.1 Å². The van der Waals surface area contributed by atoms with E-state index >= 15 is 0 Å². The lowest BCUT2D eigenvalue weighted by Gasteiger charge is -2.39. The normalized spacial score (nSPS) is 18.5. The van der Waals surface area contributed by atoms with Crippen LogP contribution in [-0.2, 0) is 9.53 Å². The highest BCUT2D eigenvalue weighted by Crippen LogP contribution is 2.30. The van der Waals surface area contributed by atoms with Crippen molar-refractivity contribution in [1.29, 1.82) is 0 Å². The molecule has 1 aliphatic rings. The molecule has 11 heteroatoms. The highest BCUT2D eigenvalue weighted by Gasteiger charge is 2.29. The number of hydrogen-bond acceptors (Lipinski definition) is 7. The molecule has 0 unspecified atom stereocenters. The van der Waals surface area contributed by atoms with E-state index in [9.17, 15) is 14.0 Å². The second-order valence-corrected chi connectivity index (χ2v) is 10.1. The minimum absolute atomic E-state index is 0.0145. The van der Waals surface area contributed by atoms with Crippen molar-refractivity contribution in [1.82, 2.24) is 24.8 Å². The van der Waals surface area contributed by atoms with Crippen molar-refractivity contribution in [3.05, 3.63) is 52.6 Å². The van der Waals surface area contributed by atoms with Crippen LogP contribution in [0.1, 0.15) is 6.92 Å². The fourth-order valence-electron chi connectivity index (χ4n) is 4.93. The Morgan fingerprint density at radius 3 is 2.76 bits per heavy atom. The molecule has 1 aliphatic heterocycles. The summed E-state index contributed by atoms with van der Waals surface area (Å²) in [5.41, 5.74) is 8.05. The molecule has 5 rings (SSSR count). The smallest absolute Gasteiger partial charge is 0.261 e. The van der Waals surface area contributed by atoms with Crippen LogP contribution in [0.4, 0.5) is 15.8 Å². The lowest BCUT2D eigenvalue weighted by molar-refractivity contribution is -0.124. The number of likely N-dealkylation sites (N-methyl/N-ethyl adjacent to an activating group) is 2. The molecular formula is C27H32FN7O3. The number of benzene rings is 2. The van der Waals surface area contributed by atoms with Gasteiger partial charge in [0, 0.05) is 31.9 Å². The quantitative estimate of drug-likeness (QED) is 0.356. The first kappa shape index (κ1) is 25.8. The van der Waals surface area contributed by atoms with Gasteiger partial charge in [0.15, 0.2) is 0 Å². The number of hydrogen-bond donors (Lipinski definition) is 3. The molecule has 0 bridgehead atoms. The summed E-state index contributed by atoms with van der Waals surface area (Å²) in [4.78, 5) is 42.2. The minimum atomic E-state index is -0.529. The molecule has 4 aromatic rings. The average molecular weight is 522 g/mol. The van der Waals surface area contributed by atoms with Crippen LogP contribution >= 0.6 is 0 Å². The summed E-state index contributed by atoms with van der Waals surface area (Å²) in [6.07, 6.45) is 0.0539. The van der Waals surface area contributed by atoms with Crippen molar-refractivity contribution in [3.63, 3.8) is 0 Å². The number of nitrogens with zero attached hydrogens (tertiary/aromatic N) is 4. The van der Waals surface area contributed by atoms with Crippen LogP contribution in [0.2, 0.25) is 0 Å². The molecule has 0 saturated carbocycles. The molecule has 2 atom stereocenters. The van der Waals surface area contributed by atoms with Gasteiger partial charge in [-0.1, -0.05) is 6.07 Å². The third kappa shape index (κ3) is 4.87. The van der Waals surface area contributed by atoms with Crippen LogP contribution in [-0.4, -0.2) is 90.2 Å². The number of morpholine rings is 1. The SMILES string of the molecule is C[C@H]1CO[C@H](CN(C)C)CN1CC(=O)N(C)c1ccc2nc(-c3c(N)c4c(F)cccc4[nH]c3=O)[nH]c2c1. The van der Waals surface area contributed by atoms with Crippen LogP contribution in [0.5, 0.6) is 0 Å². The van der Waals surface area contributed by atoms with Gasteiger partial charge in [-0.15, -0.1) is 0 Å². The van der Waals surface area contributed by atoms with Gasteiger partial charge in [0.1, 0.15) is 17.2 Å². The first-order valence-electron chi connectivity index (χ1n) is 12.5. The Hall–Kier alpha value is -3.80. The van der Waals surface area contributed by atoms with Crippen LogP contribution in [0.25, 0.3) is 33.3 Å². The summed E-state index contributed by atoms with van der Waals surface area (Å²) in [6, 6.07) is 9.90. The number of carbonyl (C=O) groups excluding carboxylic acids is 1. The Bertz CT molecular complexity index is 1560. The van der Waals surface area contributed by atoms with Gasteiger partial charge < -0.3 is 30.2 Å². The summed E-state index contributed by atoms with van der Waals surface area (Å²) in [6.45, 7) is 4.39. The summed E-state index contributed by atoms with van der Waals surface area (Å²) in [5.74, 6) is -0.352. The van der Waals surface area contributed by atoms with E-state index in [1.54, 1.807) is 36.2 Å². The van der Waals surface area contributed by atoms with E-state index in [2.05, 4.69) is 31.7 Å². The number of H-pyrrole nitrogens is 2. The van der Waals surface area contributed by atoms with Gasteiger partial charge in [0.25, 0.3) is 5.56 Å². The molecule has 200 valence electrons. The number of amides is 1. The Kier molecular flexibility index (Phi) is 6.91. The molecule has 0 aliphatic carbocycles. The molecule has 1 fully saturated rings. The predicted molar refractivity (Wildman–Crippen MR) is 147 cm³/mol. The maximum Gasteiger partial charge on any atom is 0.261 e. The Morgan fingerprint density at radius 2 is 2.00 bits per heavy atom. The number of anilines is 2. The summed E-state index contributed by atoms with van der Waals surface area (Å²) in [5, 5.41) is 0.138. The van der Waals surface area contributed by atoms with Gasteiger partial charge in [0.05, 0.1) is 46.9 Å². The van der Waals surface area contributed by atoms with Crippen LogP contribution < -0.4 is 16.2 Å². The summed E-state index contributed by atoms with van der Waals surface area (Å²) < 4.78 is 20.4. The number of rotatable bonds is 6. The van der Waals surface area contributed by atoms with Gasteiger partial charge in [-0.3, -0.25) is 14.5 Å². The third-order valence-corrected chi connectivity index (χ3v) is 7.03. The number of halogens is 1. The van der Waals surface area contributed by atoms with E-state index in [0.717, 1.165) is 6.54 Å². The van der Waals surface area contributed by atoms with E-state index in [1.165, 1.54) is 12.1 Å². The zero-order valence-corrected chi connectivity index (χ0v) is 21.9. The summed E-state index contributed by atoms with van der Waals surface area (Å²) >= 11 is 0. The molecule has 1 saturated heterocycles. The maximum absolute atomic E-state index is 14.5. The molecule has 10 nitrogen and oxygen atoms in total. The predicted octanol–water partition coefficient (Wildman–Crippen LogP) is 2.41. The Morgan fingerprint density at radius 1 is 1.21 bits per heavy atom. The van der Waals surface area contributed by atoms with Crippen molar-refractivity contribution in [2.24, 2.45) is 0 Å². The van der Waals surface area contributed by atoms with Crippen molar-refractivity contribution >= 4 is 39.2 Å². The number of pyridine rings is 1.